The van der Waals surface area contributed by atoms with Gasteiger partial charge in [0, 0.05) is 38.7 Å². The Morgan fingerprint density at radius 2 is 2.06 bits per heavy atom. The molecule has 164 valence electrons. The van der Waals surface area contributed by atoms with Gasteiger partial charge in [0.05, 0.1) is 12.5 Å². The minimum Gasteiger partial charge on any atom is -0.468 e. The molecule has 6 bridgehead atoms. The zero-order chi connectivity index (χ0) is 21.8. The van der Waals surface area contributed by atoms with Crippen molar-refractivity contribution in [1.29, 1.82) is 0 Å². The molecule has 0 amide bonds. The lowest BCUT2D eigenvalue weighted by Crippen LogP contribution is -2.83. The van der Waals surface area contributed by atoms with Crippen LogP contribution in [-0.2, 0) is 29.2 Å². The highest BCUT2D eigenvalue weighted by molar-refractivity contribution is 5.87. The van der Waals surface area contributed by atoms with Crippen LogP contribution in [-0.4, -0.2) is 62.1 Å². The van der Waals surface area contributed by atoms with Gasteiger partial charge in [-0.25, -0.2) is 0 Å². The number of allylic oxidation sites excluding steroid dienone is 1. The molecule has 1 spiro atoms. The second-order valence-corrected chi connectivity index (χ2v) is 9.46. The van der Waals surface area contributed by atoms with Crippen LogP contribution in [0, 0.1) is 11.3 Å². The van der Waals surface area contributed by atoms with Crippen molar-refractivity contribution in [2.75, 3.05) is 32.1 Å². The van der Waals surface area contributed by atoms with Crippen LogP contribution in [0.3, 0.4) is 0 Å². The minimum absolute atomic E-state index is 0.119. The predicted octanol–water partition coefficient (Wildman–Crippen LogP) is 2.20. The van der Waals surface area contributed by atoms with Gasteiger partial charge in [0.1, 0.15) is 17.2 Å². The fourth-order valence-electron chi connectivity index (χ4n) is 8.25. The molecule has 1 aromatic rings. The Hall–Kier alpha value is -2.38. The van der Waals surface area contributed by atoms with Crippen molar-refractivity contribution in [2.24, 2.45) is 11.3 Å². The molecule has 7 heteroatoms. The SMILES string of the molecule is C/C=C1\CN2CCC34c5ccccc5N(C)C23C2CC1C4(C(=O)OC)C(OC(C)=O)O2. The summed E-state index contributed by atoms with van der Waals surface area (Å²) in [6, 6.07) is 8.35. The molecular weight excluding hydrogens is 396 g/mol. The second kappa shape index (κ2) is 5.90. The third-order valence-corrected chi connectivity index (χ3v) is 8.91. The number of anilines is 1. The lowest BCUT2D eigenvalue weighted by Gasteiger charge is -2.67. The quantitative estimate of drug-likeness (QED) is 0.533. The van der Waals surface area contributed by atoms with Gasteiger partial charge in [0.25, 0.3) is 0 Å². The van der Waals surface area contributed by atoms with E-state index >= 15 is 0 Å². The van der Waals surface area contributed by atoms with E-state index in [0.29, 0.717) is 6.42 Å². The van der Waals surface area contributed by atoms with Gasteiger partial charge in [-0.2, -0.15) is 0 Å². The molecule has 8 rings (SSSR count). The normalized spacial score (nSPS) is 44.8. The van der Waals surface area contributed by atoms with Crippen LogP contribution < -0.4 is 4.90 Å². The lowest BCUT2D eigenvalue weighted by molar-refractivity contribution is -0.334. The maximum Gasteiger partial charge on any atom is 0.319 e. The number of rotatable bonds is 2. The number of nitrogens with zero attached hydrogens (tertiary/aromatic N) is 2. The summed E-state index contributed by atoms with van der Waals surface area (Å²) in [4.78, 5) is 31.1. The molecule has 1 aliphatic carbocycles. The molecule has 31 heavy (non-hydrogen) atoms. The van der Waals surface area contributed by atoms with E-state index in [1.807, 2.05) is 19.1 Å². The molecule has 0 radical (unpaired) electrons. The van der Waals surface area contributed by atoms with E-state index in [-0.39, 0.29) is 18.0 Å². The summed E-state index contributed by atoms with van der Waals surface area (Å²) < 4.78 is 17.9. The van der Waals surface area contributed by atoms with Gasteiger partial charge in [0.15, 0.2) is 0 Å². The number of ether oxygens (including phenoxy) is 3. The number of carbonyl (C=O) groups excluding carboxylic acids is 2. The average Bonchev–Trinajstić information content (AvgIpc) is 3.17. The molecule has 6 aliphatic heterocycles. The number of fused-ring (bicyclic) bond motifs is 3. The molecule has 7 atom stereocenters. The Balaban J connectivity index is 1.77. The number of methoxy groups -OCH3 is 1. The minimum atomic E-state index is -1.16. The Kier molecular flexibility index (Phi) is 3.67. The first kappa shape index (κ1) is 19.3. The largest absolute Gasteiger partial charge is 0.468 e. The maximum absolute atomic E-state index is 14.0. The van der Waals surface area contributed by atoms with E-state index in [2.05, 4.69) is 35.1 Å². The molecule has 7 aliphatic rings. The van der Waals surface area contributed by atoms with Gasteiger partial charge in [-0.15, -0.1) is 0 Å². The first-order chi connectivity index (χ1) is 14.9. The van der Waals surface area contributed by atoms with Crippen molar-refractivity contribution in [3.63, 3.8) is 0 Å². The van der Waals surface area contributed by atoms with Crippen LogP contribution in [0.5, 0.6) is 0 Å². The zero-order valence-electron chi connectivity index (χ0n) is 18.4. The average molecular weight is 424 g/mol. The first-order valence-electron chi connectivity index (χ1n) is 11.1. The summed E-state index contributed by atoms with van der Waals surface area (Å²) in [6.45, 7) is 5.02. The lowest BCUT2D eigenvalue weighted by atomic mass is 9.43. The third-order valence-electron chi connectivity index (χ3n) is 8.91. The van der Waals surface area contributed by atoms with Gasteiger partial charge in [-0.3, -0.25) is 14.5 Å². The van der Waals surface area contributed by atoms with E-state index in [9.17, 15) is 9.59 Å². The molecule has 0 N–H and O–H groups in total. The van der Waals surface area contributed by atoms with Gasteiger partial charge in [0.2, 0.25) is 6.29 Å². The van der Waals surface area contributed by atoms with Crippen LogP contribution in [0.4, 0.5) is 5.69 Å². The Labute approximate surface area is 181 Å². The summed E-state index contributed by atoms with van der Waals surface area (Å²) in [5.74, 6) is -0.914. The van der Waals surface area contributed by atoms with E-state index in [1.165, 1.54) is 19.6 Å². The number of esters is 2. The second-order valence-electron chi connectivity index (χ2n) is 9.46. The van der Waals surface area contributed by atoms with Crippen molar-refractivity contribution in [3.05, 3.63) is 41.5 Å². The summed E-state index contributed by atoms with van der Waals surface area (Å²) in [5, 5.41) is 0. The molecule has 7 unspecified atom stereocenters. The first-order valence-corrected chi connectivity index (χ1v) is 11.1. The fourth-order valence-corrected chi connectivity index (χ4v) is 8.25. The van der Waals surface area contributed by atoms with E-state index in [1.54, 1.807) is 0 Å². The molecule has 0 aromatic heterocycles. The van der Waals surface area contributed by atoms with Gasteiger partial charge in [-0.1, -0.05) is 29.8 Å². The molecule has 6 heterocycles. The highest BCUT2D eigenvalue weighted by Gasteiger charge is 2.90. The van der Waals surface area contributed by atoms with Crippen molar-refractivity contribution in [1.82, 2.24) is 4.90 Å². The number of para-hydroxylation sites is 1. The van der Waals surface area contributed by atoms with Crippen molar-refractivity contribution < 1.29 is 23.8 Å². The summed E-state index contributed by atoms with van der Waals surface area (Å²) >= 11 is 0. The summed E-state index contributed by atoms with van der Waals surface area (Å²) in [5.41, 5.74) is 1.17. The predicted molar refractivity (Wildman–Crippen MR) is 112 cm³/mol. The monoisotopic (exact) mass is 424 g/mol. The van der Waals surface area contributed by atoms with Crippen molar-refractivity contribution >= 4 is 17.6 Å². The smallest absolute Gasteiger partial charge is 0.319 e. The van der Waals surface area contributed by atoms with Crippen LogP contribution in [0.1, 0.15) is 32.3 Å². The van der Waals surface area contributed by atoms with E-state index in [4.69, 9.17) is 14.2 Å². The number of benzene rings is 1. The summed E-state index contributed by atoms with van der Waals surface area (Å²) in [6.07, 6.45) is 2.43. The Morgan fingerprint density at radius 3 is 2.77 bits per heavy atom. The third kappa shape index (κ3) is 1.72. The van der Waals surface area contributed by atoms with Crippen LogP contribution in [0.25, 0.3) is 0 Å². The Bertz CT molecular complexity index is 1040. The number of likely N-dealkylation sites (N-methyl/N-ethyl adjacent to an activating group) is 1. The highest BCUT2D eigenvalue weighted by Crippen LogP contribution is 2.78. The molecule has 6 fully saturated rings. The molecular formula is C24H28N2O5. The number of carbonyl (C=O) groups is 2. The standard InChI is InChI=1S/C24H28N2O5/c1-5-15-13-26-11-10-22-16-8-6-7-9-18(16)25(3)24(22,26)19-12-17(15)23(22,20(28)29-4)21(31-19)30-14(2)27/h5-9,17,19,21H,10-13H2,1-4H3/b15-5+. The maximum atomic E-state index is 14.0. The van der Waals surface area contributed by atoms with E-state index in [0.717, 1.165) is 30.8 Å². The summed E-state index contributed by atoms with van der Waals surface area (Å²) in [7, 11) is 3.55. The molecule has 7 nitrogen and oxygen atoms in total. The number of hydrogen-bond donors (Lipinski definition) is 0. The van der Waals surface area contributed by atoms with Gasteiger partial charge < -0.3 is 19.1 Å². The molecule has 1 saturated carbocycles. The highest BCUT2D eigenvalue weighted by atomic mass is 16.7. The van der Waals surface area contributed by atoms with E-state index < -0.39 is 28.8 Å². The topological polar surface area (TPSA) is 68.3 Å². The van der Waals surface area contributed by atoms with Crippen LogP contribution >= 0.6 is 0 Å². The van der Waals surface area contributed by atoms with Crippen LogP contribution in [0.2, 0.25) is 0 Å². The molecule has 1 aromatic carbocycles. The van der Waals surface area contributed by atoms with Gasteiger partial charge in [-0.05, 0) is 31.4 Å². The fraction of sp³-hybridized carbons (Fsp3) is 0.583. The van der Waals surface area contributed by atoms with Crippen molar-refractivity contribution in [2.45, 2.75) is 50.2 Å². The van der Waals surface area contributed by atoms with Crippen molar-refractivity contribution in [3.8, 4) is 0 Å². The zero-order valence-corrected chi connectivity index (χ0v) is 18.4. The van der Waals surface area contributed by atoms with Crippen LogP contribution in [0.15, 0.2) is 35.9 Å². The Morgan fingerprint density at radius 1 is 1.29 bits per heavy atom. The van der Waals surface area contributed by atoms with Gasteiger partial charge >= 0.3 is 11.9 Å². The molecule has 5 saturated heterocycles. The number of hydrogen-bond acceptors (Lipinski definition) is 7.